The average molecular weight is 461 g/mol. The maximum Gasteiger partial charge on any atom is 0.339 e. The first-order chi connectivity index (χ1) is 14.8. The number of para-hydroxylation sites is 1. The van der Waals surface area contributed by atoms with Crippen LogP contribution in [0.2, 0.25) is 5.02 Å². The van der Waals surface area contributed by atoms with E-state index in [1.807, 2.05) is 0 Å². The quantitative estimate of drug-likeness (QED) is 0.359. The molecule has 31 heavy (non-hydrogen) atoms. The number of rotatable bonds is 4. The number of methoxy groups -OCH3 is 1. The highest BCUT2D eigenvalue weighted by molar-refractivity contribution is 7.91. The third-order valence-electron chi connectivity index (χ3n) is 5.60. The van der Waals surface area contributed by atoms with E-state index in [0.717, 1.165) is 4.73 Å². The molecule has 1 N–H and O–H groups in total. The molecule has 0 unspecified atom stereocenters. The van der Waals surface area contributed by atoms with Crippen molar-refractivity contribution in [1.29, 1.82) is 0 Å². The van der Waals surface area contributed by atoms with E-state index in [4.69, 9.17) is 16.3 Å². The number of aromatic nitrogens is 1. The molecule has 2 aromatic carbocycles. The predicted octanol–water partition coefficient (Wildman–Crippen LogP) is 3.95. The number of nitrogens with one attached hydrogen (secondary N) is 1. The summed E-state index contributed by atoms with van der Waals surface area (Å²) < 4.78 is 29.5. The molecule has 9 heteroatoms. The lowest BCUT2D eigenvalue weighted by atomic mass is 9.91. The summed E-state index contributed by atoms with van der Waals surface area (Å²) in [4.78, 5) is 12.3. The Morgan fingerprint density at radius 2 is 1.90 bits per heavy atom. The Balaban J connectivity index is 1.89. The van der Waals surface area contributed by atoms with Crippen LogP contribution < -0.4 is 10.0 Å². The van der Waals surface area contributed by atoms with Gasteiger partial charge in [-0.2, -0.15) is 4.73 Å². The molecule has 162 valence electrons. The number of hydrogen-bond donors (Lipinski definition) is 1. The maximum atomic E-state index is 12.8. The molecule has 0 saturated carbocycles. The highest BCUT2D eigenvalue weighted by Crippen LogP contribution is 2.39. The fourth-order valence-electron chi connectivity index (χ4n) is 3.98. The summed E-state index contributed by atoms with van der Waals surface area (Å²) >= 11 is 6.23. The number of ether oxygens (including phenoxy) is 1. The molecule has 1 aliphatic rings. The van der Waals surface area contributed by atoms with Gasteiger partial charge in [-0.1, -0.05) is 23.7 Å². The van der Waals surface area contributed by atoms with Crippen molar-refractivity contribution in [2.45, 2.75) is 18.8 Å². The second kappa shape index (κ2) is 8.36. The Bertz CT molecular complexity index is 1260. The zero-order chi connectivity index (χ0) is 22.2. The number of fused-ring (bicyclic) bond motifs is 1. The molecule has 1 fully saturated rings. The SMILES string of the molecule is COC(=O)c1ccccc1Nc1c(C2CCS(=O)(=O)CC2)c[n+]([O-])c2ccc(Cl)cc12. The topological polar surface area (TPSA) is 99.4 Å². The summed E-state index contributed by atoms with van der Waals surface area (Å²) in [6.07, 6.45) is 2.32. The predicted molar refractivity (Wildman–Crippen MR) is 120 cm³/mol. The van der Waals surface area contributed by atoms with Crippen molar-refractivity contribution in [3.05, 3.63) is 70.0 Å². The van der Waals surface area contributed by atoms with Gasteiger partial charge in [-0.25, -0.2) is 13.2 Å². The number of nitrogens with zero attached hydrogens (tertiary/aromatic N) is 1. The van der Waals surface area contributed by atoms with E-state index in [1.165, 1.54) is 13.3 Å². The first kappa shape index (κ1) is 21.4. The average Bonchev–Trinajstić information content (AvgIpc) is 2.75. The lowest BCUT2D eigenvalue weighted by Gasteiger charge is -2.25. The van der Waals surface area contributed by atoms with Gasteiger partial charge < -0.3 is 15.3 Å². The first-order valence-corrected chi connectivity index (χ1v) is 12.0. The van der Waals surface area contributed by atoms with Gasteiger partial charge in [-0.15, -0.1) is 0 Å². The van der Waals surface area contributed by atoms with Crippen molar-refractivity contribution in [2.75, 3.05) is 23.9 Å². The molecule has 1 aliphatic heterocycles. The fraction of sp³-hybridized carbons (Fsp3) is 0.273. The molecule has 0 radical (unpaired) electrons. The molecule has 1 aromatic heterocycles. The summed E-state index contributed by atoms with van der Waals surface area (Å²) in [6, 6.07) is 11.9. The van der Waals surface area contributed by atoms with E-state index >= 15 is 0 Å². The van der Waals surface area contributed by atoms with Crippen LogP contribution in [0.15, 0.2) is 48.7 Å². The Morgan fingerprint density at radius 3 is 2.61 bits per heavy atom. The maximum absolute atomic E-state index is 12.8. The van der Waals surface area contributed by atoms with Crippen LogP contribution in [0, 0.1) is 5.21 Å². The van der Waals surface area contributed by atoms with Crippen molar-refractivity contribution in [3.63, 3.8) is 0 Å². The molecular weight excluding hydrogens is 440 g/mol. The summed E-state index contributed by atoms with van der Waals surface area (Å²) in [7, 11) is -1.75. The number of hydrogen-bond acceptors (Lipinski definition) is 6. The number of carbonyl (C=O) groups is 1. The van der Waals surface area contributed by atoms with Crippen molar-refractivity contribution in [3.8, 4) is 0 Å². The molecule has 0 bridgehead atoms. The number of sulfone groups is 1. The number of esters is 1. The number of pyridine rings is 1. The van der Waals surface area contributed by atoms with Crippen LogP contribution in [0.1, 0.15) is 34.7 Å². The van der Waals surface area contributed by atoms with Gasteiger partial charge in [0.15, 0.2) is 6.20 Å². The number of benzene rings is 2. The van der Waals surface area contributed by atoms with Gasteiger partial charge in [0.05, 0.1) is 40.9 Å². The van der Waals surface area contributed by atoms with E-state index in [1.54, 1.807) is 42.5 Å². The second-order valence-corrected chi connectivity index (χ2v) is 10.3. The molecule has 1 saturated heterocycles. The van der Waals surface area contributed by atoms with E-state index in [9.17, 15) is 18.4 Å². The van der Waals surface area contributed by atoms with Crippen molar-refractivity contribution in [2.24, 2.45) is 0 Å². The summed E-state index contributed by atoms with van der Waals surface area (Å²) in [6.45, 7) is 0. The van der Waals surface area contributed by atoms with E-state index in [0.29, 0.717) is 51.3 Å². The van der Waals surface area contributed by atoms with Gasteiger partial charge in [0, 0.05) is 16.7 Å². The van der Waals surface area contributed by atoms with Gasteiger partial charge in [0.2, 0.25) is 5.52 Å². The van der Waals surface area contributed by atoms with Crippen LogP contribution in [0.3, 0.4) is 0 Å². The van der Waals surface area contributed by atoms with Gasteiger partial charge >= 0.3 is 5.97 Å². The van der Waals surface area contributed by atoms with E-state index in [2.05, 4.69) is 5.32 Å². The third-order valence-corrected chi connectivity index (χ3v) is 7.55. The van der Waals surface area contributed by atoms with Crippen molar-refractivity contribution >= 4 is 49.7 Å². The number of anilines is 2. The van der Waals surface area contributed by atoms with E-state index in [-0.39, 0.29) is 17.4 Å². The van der Waals surface area contributed by atoms with Crippen molar-refractivity contribution in [1.82, 2.24) is 0 Å². The fourth-order valence-corrected chi connectivity index (χ4v) is 5.64. The Kier molecular flexibility index (Phi) is 5.77. The molecular formula is C22H21ClN2O5S. The highest BCUT2D eigenvalue weighted by Gasteiger charge is 2.30. The molecule has 7 nitrogen and oxygen atoms in total. The normalized spacial score (nSPS) is 16.2. The van der Waals surface area contributed by atoms with Gasteiger partial charge in [0.25, 0.3) is 0 Å². The van der Waals surface area contributed by atoms with Crippen LogP contribution in [-0.4, -0.2) is 33.0 Å². The molecule has 0 amide bonds. The zero-order valence-corrected chi connectivity index (χ0v) is 18.4. The van der Waals surface area contributed by atoms with Crippen LogP contribution >= 0.6 is 11.6 Å². The van der Waals surface area contributed by atoms with Gasteiger partial charge in [-0.05, 0) is 43.0 Å². The van der Waals surface area contributed by atoms with E-state index < -0.39 is 15.8 Å². The Labute approximate surface area is 185 Å². The monoisotopic (exact) mass is 460 g/mol. The standard InChI is InChI=1S/C22H21ClN2O5S/c1-30-22(26)16-4-2-3-5-19(16)24-21-17-12-15(23)6-7-20(17)25(27)13-18(21)14-8-10-31(28,29)11-9-14/h2-7,12-14,24H,8-11H2,1H3. The number of carbonyl (C=O) groups excluding carboxylic acids is 1. The zero-order valence-electron chi connectivity index (χ0n) is 16.8. The van der Waals surface area contributed by atoms with Crippen LogP contribution in [0.4, 0.5) is 11.4 Å². The van der Waals surface area contributed by atoms with Gasteiger partial charge in [0.1, 0.15) is 9.84 Å². The van der Waals surface area contributed by atoms with Crippen LogP contribution in [-0.2, 0) is 14.6 Å². The summed E-state index contributed by atoms with van der Waals surface area (Å²) in [5.74, 6) is -0.477. The summed E-state index contributed by atoms with van der Waals surface area (Å²) in [5, 5.41) is 17.1. The third kappa shape index (κ3) is 4.31. The smallest absolute Gasteiger partial charge is 0.339 e. The lowest BCUT2D eigenvalue weighted by Crippen LogP contribution is -2.30. The second-order valence-electron chi connectivity index (χ2n) is 7.53. The molecule has 0 aliphatic carbocycles. The molecule has 0 spiro atoms. The molecule has 4 rings (SSSR count). The molecule has 0 atom stereocenters. The first-order valence-electron chi connectivity index (χ1n) is 9.79. The minimum atomic E-state index is -3.06. The number of halogens is 1. The Hall–Kier alpha value is -2.84. The molecule has 2 heterocycles. The van der Waals surface area contributed by atoms with Crippen LogP contribution in [0.25, 0.3) is 10.9 Å². The minimum absolute atomic E-state index is 0.0717. The highest BCUT2D eigenvalue weighted by atomic mass is 35.5. The van der Waals surface area contributed by atoms with Crippen molar-refractivity contribution < 1.29 is 22.7 Å². The summed E-state index contributed by atoms with van der Waals surface area (Å²) in [5.41, 5.74) is 2.60. The Morgan fingerprint density at radius 1 is 1.19 bits per heavy atom. The lowest BCUT2D eigenvalue weighted by molar-refractivity contribution is -0.577. The largest absolute Gasteiger partial charge is 0.618 e. The minimum Gasteiger partial charge on any atom is -0.618 e. The van der Waals surface area contributed by atoms with Gasteiger partial charge in [-0.3, -0.25) is 0 Å². The van der Waals surface area contributed by atoms with Crippen LogP contribution in [0.5, 0.6) is 0 Å². The molecule has 3 aromatic rings.